The van der Waals surface area contributed by atoms with Gasteiger partial charge in [-0.3, -0.25) is 19.8 Å². The first-order chi connectivity index (χ1) is 13.6. The summed E-state index contributed by atoms with van der Waals surface area (Å²) in [6.07, 6.45) is -0.721. The van der Waals surface area contributed by atoms with Gasteiger partial charge in [0.15, 0.2) is 0 Å². The number of amides is 4. The third-order valence-corrected chi connectivity index (χ3v) is 4.26. The molecule has 10 nitrogen and oxygen atoms in total. The molecule has 0 unspecified atom stereocenters. The van der Waals surface area contributed by atoms with Gasteiger partial charge in [0, 0.05) is 0 Å². The number of rotatable bonds is 9. The molecule has 0 aliphatic carbocycles. The summed E-state index contributed by atoms with van der Waals surface area (Å²) in [7, 11) is 0. The summed E-state index contributed by atoms with van der Waals surface area (Å²) in [5.41, 5.74) is 1.32. The van der Waals surface area contributed by atoms with Crippen molar-refractivity contribution in [2.24, 2.45) is 23.6 Å². The van der Waals surface area contributed by atoms with Gasteiger partial charge in [-0.1, -0.05) is 41.5 Å². The number of ether oxygens (including phenoxy) is 1. The molecular formula is C20H39N5O5. The quantitative estimate of drug-likeness (QED) is 0.208. The van der Waals surface area contributed by atoms with Crippen molar-refractivity contribution in [2.75, 3.05) is 0 Å². The van der Waals surface area contributed by atoms with E-state index in [-0.39, 0.29) is 17.8 Å². The van der Waals surface area contributed by atoms with Crippen molar-refractivity contribution >= 4 is 23.8 Å². The number of carbonyl (C=O) groups excluding carboxylic acids is 4. The highest BCUT2D eigenvalue weighted by Crippen LogP contribution is 2.11. The molecule has 0 saturated heterocycles. The zero-order valence-electron chi connectivity index (χ0n) is 19.6. The Hall–Kier alpha value is -2.36. The third kappa shape index (κ3) is 9.43. The lowest BCUT2D eigenvalue weighted by atomic mass is 9.98. The Morgan fingerprint density at radius 3 is 1.30 bits per heavy atom. The number of nitrogens with two attached hydrogens (primary N) is 1. The second-order valence-electron chi connectivity index (χ2n) is 9.34. The smallest absolute Gasteiger partial charge is 0.408 e. The average molecular weight is 430 g/mol. The SMILES string of the molecule is CC(C)[C@H](NC(=O)[C@H](NC(=O)OC(C)(C)C)C(C)C)C(=O)N[C@@H](C(=O)NN)C(C)C. The van der Waals surface area contributed by atoms with Crippen molar-refractivity contribution in [1.29, 1.82) is 0 Å². The van der Waals surface area contributed by atoms with E-state index in [9.17, 15) is 19.2 Å². The molecule has 0 aliphatic rings. The van der Waals surface area contributed by atoms with E-state index in [2.05, 4.69) is 16.0 Å². The van der Waals surface area contributed by atoms with Crippen LogP contribution >= 0.6 is 0 Å². The number of hydrogen-bond acceptors (Lipinski definition) is 6. The maximum absolute atomic E-state index is 12.9. The van der Waals surface area contributed by atoms with Gasteiger partial charge >= 0.3 is 6.09 Å². The zero-order valence-corrected chi connectivity index (χ0v) is 19.6. The molecule has 0 rings (SSSR count). The second-order valence-corrected chi connectivity index (χ2v) is 9.34. The van der Waals surface area contributed by atoms with E-state index >= 15 is 0 Å². The molecule has 30 heavy (non-hydrogen) atoms. The van der Waals surface area contributed by atoms with Crippen LogP contribution in [-0.4, -0.2) is 47.5 Å². The Morgan fingerprint density at radius 1 is 0.667 bits per heavy atom. The minimum Gasteiger partial charge on any atom is -0.444 e. The fourth-order valence-electron chi connectivity index (χ4n) is 2.62. The molecule has 0 radical (unpaired) electrons. The topological polar surface area (TPSA) is 152 Å². The highest BCUT2D eigenvalue weighted by molar-refractivity contribution is 5.94. The van der Waals surface area contributed by atoms with Crippen LogP contribution in [0.15, 0.2) is 0 Å². The predicted octanol–water partition coefficient (Wildman–Crippen LogP) is 0.807. The standard InChI is InChI=1S/C20H39N5O5/c1-10(2)13(16(26)23-15(12(5)6)18(28)25-21)22-17(27)14(11(3)4)24-19(29)30-20(7,8)9/h10-15H,21H2,1-9H3,(H,22,27)(H,23,26)(H,24,29)(H,25,28)/t13-,14+,15+/m0/s1. The lowest BCUT2D eigenvalue weighted by molar-refractivity contribution is -0.134. The molecule has 3 atom stereocenters. The predicted molar refractivity (Wildman–Crippen MR) is 114 cm³/mol. The Morgan fingerprint density at radius 2 is 1.00 bits per heavy atom. The normalized spacial score (nSPS) is 14.7. The summed E-state index contributed by atoms with van der Waals surface area (Å²) >= 11 is 0. The molecule has 0 aliphatic heterocycles. The van der Waals surface area contributed by atoms with Gasteiger partial charge in [-0.2, -0.15) is 0 Å². The highest BCUT2D eigenvalue weighted by Gasteiger charge is 2.33. The van der Waals surface area contributed by atoms with Gasteiger partial charge in [0.2, 0.25) is 11.8 Å². The van der Waals surface area contributed by atoms with Crippen molar-refractivity contribution in [1.82, 2.24) is 21.4 Å². The first-order valence-corrected chi connectivity index (χ1v) is 10.2. The third-order valence-electron chi connectivity index (χ3n) is 4.26. The lowest BCUT2D eigenvalue weighted by Gasteiger charge is -2.29. The van der Waals surface area contributed by atoms with Crippen LogP contribution in [-0.2, 0) is 19.1 Å². The second kappa shape index (κ2) is 11.7. The van der Waals surface area contributed by atoms with E-state index in [0.717, 1.165) is 0 Å². The van der Waals surface area contributed by atoms with Crippen molar-refractivity contribution in [3.8, 4) is 0 Å². The Labute approximate surface area is 179 Å². The minimum atomic E-state index is -0.911. The van der Waals surface area contributed by atoms with Gasteiger partial charge in [-0.05, 0) is 38.5 Å². The first-order valence-electron chi connectivity index (χ1n) is 10.2. The van der Waals surface area contributed by atoms with Gasteiger partial charge in [0.05, 0.1) is 0 Å². The largest absolute Gasteiger partial charge is 0.444 e. The number of hydrazine groups is 1. The highest BCUT2D eigenvalue weighted by atomic mass is 16.6. The summed E-state index contributed by atoms with van der Waals surface area (Å²) in [6, 6.07) is -2.66. The molecule has 0 aromatic rings. The van der Waals surface area contributed by atoms with Crippen molar-refractivity contribution in [3.63, 3.8) is 0 Å². The molecular weight excluding hydrogens is 390 g/mol. The zero-order chi connectivity index (χ0) is 23.8. The molecule has 0 aromatic heterocycles. The summed E-state index contributed by atoms with van der Waals surface area (Å²) in [4.78, 5) is 49.7. The molecule has 0 aromatic carbocycles. The summed E-state index contributed by atoms with van der Waals surface area (Å²) < 4.78 is 5.22. The number of alkyl carbamates (subject to hydrolysis) is 1. The van der Waals surface area contributed by atoms with Gasteiger partial charge in [0.25, 0.3) is 5.91 Å². The maximum Gasteiger partial charge on any atom is 0.408 e. The molecule has 174 valence electrons. The van der Waals surface area contributed by atoms with Crippen LogP contribution in [0.2, 0.25) is 0 Å². The lowest BCUT2D eigenvalue weighted by Crippen LogP contribution is -2.60. The summed E-state index contributed by atoms with van der Waals surface area (Å²) in [5, 5.41) is 7.88. The Balaban J connectivity index is 5.37. The number of hydrogen-bond donors (Lipinski definition) is 5. The molecule has 0 spiro atoms. The fourth-order valence-corrected chi connectivity index (χ4v) is 2.62. The van der Waals surface area contributed by atoms with E-state index in [4.69, 9.17) is 10.6 Å². The molecule has 0 bridgehead atoms. The van der Waals surface area contributed by atoms with Crippen LogP contribution in [0.3, 0.4) is 0 Å². The van der Waals surface area contributed by atoms with E-state index in [1.165, 1.54) is 0 Å². The minimum absolute atomic E-state index is 0.210. The molecule has 6 N–H and O–H groups in total. The summed E-state index contributed by atoms with van der Waals surface area (Å²) in [5.74, 6) is 2.91. The fraction of sp³-hybridized carbons (Fsp3) is 0.800. The van der Waals surface area contributed by atoms with Crippen LogP contribution in [0.4, 0.5) is 4.79 Å². The van der Waals surface area contributed by atoms with Crippen molar-refractivity contribution in [3.05, 3.63) is 0 Å². The Bertz CT molecular complexity index is 613. The van der Waals surface area contributed by atoms with Crippen LogP contribution in [0.25, 0.3) is 0 Å². The van der Waals surface area contributed by atoms with E-state index in [1.807, 2.05) is 5.43 Å². The van der Waals surface area contributed by atoms with E-state index < -0.39 is 47.5 Å². The van der Waals surface area contributed by atoms with Crippen LogP contribution in [0.5, 0.6) is 0 Å². The van der Waals surface area contributed by atoms with Crippen molar-refractivity contribution in [2.45, 2.75) is 86.0 Å². The monoisotopic (exact) mass is 429 g/mol. The molecule has 0 saturated carbocycles. The van der Waals surface area contributed by atoms with E-state index in [0.29, 0.717) is 0 Å². The van der Waals surface area contributed by atoms with Crippen LogP contribution < -0.4 is 27.2 Å². The number of nitrogens with one attached hydrogen (secondary N) is 4. The maximum atomic E-state index is 12.9. The first kappa shape index (κ1) is 27.6. The summed E-state index contributed by atoms with van der Waals surface area (Å²) in [6.45, 7) is 15.8. The van der Waals surface area contributed by atoms with Crippen LogP contribution in [0, 0.1) is 17.8 Å². The van der Waals surface area contributed by atoms with Crippen LogP contribution in [0.1, 0.15) is 62.3 Å². The molecule has 0 fully saturated rings. The molecule has 4 amide bonds. The van der Waals surface area contributed by atoms with E-state index in [1.54, 1.807) is 62.3 Å². The molecule has 10 heteroatoms. The van der Waals surface area contributed by atoms with Gasteiger partial charge in [-0.15, -0.1) is 0 Å². The average Bonchev–Trinajstić information content (AvgIpc) is 2.58. The van der Waals surface area contributed by atoms with Gasteiger partial charge in [0.1, 0.15) is 23.7 Å². The molecule has 0 heterocycles. The van der Waals surface area contributed by atoms with Crippen molar-refractivity contribution < 1.29 is 23.9 Å². The van der Waals surface area contributed by atoms with Gasteiger partial charge in [-0.25, -0.2) is 10.6 Å². The van der Waals surface area contributed by atoms with Gasteiger partial charge < -0.3 is 20.7 Å². The Kier molecular flexibility index (Phi) is 10.8. The number of carbonyl (C=O) groups is 4.